The number of rotatable bonds is 9. The Bertz CT molecular complexity index is 1930. The number of piperazine rings is 1. The summed E-state index contributed by atoms with van der Waals surface area (Å²) in [6, 6.07) is 37.2. The lowest BCUT2D eigenvalue weighted by atomic mass is 9.96. The molecule has 0 N–H and O–H groups in total. The standard InChI is InChI=1S/C37H33ClN6OS2/c1-26-12-8-11-19-32(26)44-35(29-17-9-10-18-30(29)38)40-41-37(44)47-25-33-39-31(24-46-33)36(45)43-22-20-42(21-23-43)34(27-13-4-2-5-14-27)28-15-6-3-7-16-28/h2-19,24,34H,20-23,25H2,1H3. The quantitative estimate of drug-likeness (QED) is 0.144. The molecular weight excluding hydrogens is 644 g/mol. The predicted molar refractivity (Wildman–Crippen MR) is 190 cm³/mol. The number of nitrogens with zero attached hydrogens (tertiary/aromatic N) is 6. The molecule has 0 radical (unpaired) electrons. The number of thiazole rings is 1. The van der Waals surface area contributed by atoms with Gasteiger partial charge in [-0.3, -0.25) is 14.3 Å². The zero-order valence-electron chi connectivity index (χ0n) is 25.9. The van der Waals surface area contributed by atoms with Crippen LogP contribution in [0, 0.1) is 6.92 Å². The molecule has 1 amide bonds. The van der Waals surface area contributed by atoms with E-state index in [9.17, 15) is 4.79 Å². The average molecular weight is 677 g/mol. The number of thioether (sulfide) groups is 1. The summed E-state index contributed by atoms with van der Waals surface area (Å²) >= 11 is 9.63. The molecule has 1 aliphatic heterocycles. The number of hydrogen-bond donors (Lipinski definition) is 0. The van der Waals surface area contributed by atoms with E-state index in [0.29, 0.717) is 35.4 Å². The van der Waals surface area contributed by atoms with Crippen LogP contribution in [0.15, 0.2) is 120 Å². The molecule has 1 aliphatic rings. The topological polar surface area (TPSA) is 67.2 Å². The van der Waals surface area contributed by atoms with Crippen molar-refractivity contribution < 1.29 is 4.79 Å². The summed E-state index contributed by atoms with van der Waals surface area (Å²) < 4.78 is 2.05. The Hall–Kier alpha value is -4.28. The molecule has 0 spiro atoms. The van der Waals surface area contributed by atoms with Gasteiger partial charge in [0.15, 0.2) is 11.0 Å². The van der Waals surface area contributed by atoms with Gasteiger partial charge in [-0.1, -0.05) is 114 Å². The molecule has 0 unspecified atom stereocenters. The summed E-state index contributed by atoms with van der Waals surface area (Å²) in [5.74, 6) is 1.23. The molecule has 0 bridgehead atoms. The van der Waals surface area contributed by atoms with E-state index in [4.69, 9.17) is 16.6 Å². The number of para-hydroxylation sites is 1. The molecule has 2 aromatic heterocycles. The molecule has 3 heterocycles. The fourth-order valence-corrected chi connectivity index (χ4v) is 7.99. The molecule has 4 aromatic carbocycles. The van der Waals surface area contributed by atoms with E-state index in [1.54, 1.807) is 11.8 Å². The molecule has 7 nitrogen and oxygen atoms in total. The number of carbonyl (C=O) groups is 1. The van der Waals surface area contributed by atoms with Crippen LogP contribution in [0.25, 0.3) is 17.1 Å². The van der Waals surface area contributed by atoms with Crippen molar-refractivity contribution in [2.45, 2.75) is 23.9 Å². The largest absolute Gasteiger partial charge is 0.335 e. The summed E-state index contributed by atoms with van der Waals surface area (Å²) in [4.78, 5) is 22.7. The van der Waals surface area contributed by atoms with Crippen LogP contribution < -0.4 is 0 Å². The Morgan fingerprint density at radius 1 is 0.830 bits per heavy atom. The van der Waals surface area contributed by atoms with Gasteiger partial charge in [0.2, 0.25) is 0 Å². The first-order valence-corrected chi connectivity index (χ1v) is 17.8. The third-order valence-corrected chi connectivity index (χ3v) is 10.7. The zero-order chi connectivity index (χ0) is 32.2. The molecule has 10 heteroatoms. The van der Waals surface area contributed by atoms with Crippen molar-refractivity contribution >= 4 is 40.6 Å². The fraction of sp³-hybridized carbons (Fsp3) is 0.189. The molecule has 236 valence electrons. The highest BCUT2D eigenvalue weighted by Gasteiger charge is 2.29. The van der Waals surface area contributed by atoms with Crippen LogP contribution in [0.4, 0.5) is 0 Å². The van der Waals surface area contributed by atoms with Gasteiger partial charge in [0, 0.05) is 37.1 Å². The van der Waals surface area contributed by atoms with Crippen molar-refractivity contribution in [1.29, 1.82) is 0 Å². The van der Waals surface area contributed by atoms with Crippen molar-refractivity contribution in [2.75, 3.05) is 26.2 Å². The molecule has 0 aliphatic carbocycles. The van der Waals surface area contributed by atoms with Crippen LogP contribution in [-0.2, 0) is 5.75 Å². The second-order valence-corrected chi connectivity index (χ2v) is 13.7. The monoisotopic (exact) mass is 676 g/mol. The molecule has 47 heavy (non-hydrogen) atoms. The zero-order valence-corrected chi connectivity index (χ0v) is 28.3. The van der Waals surface area contributed by atoms with Gasteiger partial charge >= 0.3 is 0 Å². The number of benzene rings is 4. The van der Waals surface area contributed by atoms with E-state index in [-0.39, 0.29) is 11.9 Å². The molecule has 7 rings (SSSR count). The normalized spacial score (nSPS) is 13.7. The Balaban J connectivity index is 1.04. The Kier molecular flexibility index (Phi) is 9.49. The molecule has 1 saturated heterocycles. The number of aryl methyl sites for hydroxylation is 1. The van der Waals surface area contributed by atoms with Crippen molar-refractivity contribution in [2.24, 2.45) is 0 Å². The lowest BCUT2D eigenvalue weighted by molar-refractivity contribution is 0.0592. The second kappa shape index (κ2) is 14.2. The van der Waals surface area contributed by atoms with Gasteiger partial charge < -0.3 is 4.90 Å². The SMILES string of the molecule is Cc1ccccc1-n1c(SCc2nc(C(=O)N3CCN(C(c4ccccc4)c4ccccc4)CC3)cs2)nnc1-c1ccccc1Cl. The van der Waals surface area contributed by atoms with Crippen molar-refractivity contribution in [3.8, 4) is 17.1 Å². The minimum atomic E-state index is -0.0165. The first-order valence-electron chi connectivity index (χ1n) is 15.5. The van der Waals surface area contributed by atoms with Crippen LogP contribution in [0.5, 0.6) is 0 Å². The second-order valence-electron chi connectivity index (χ2n) is 11.4. The number of hydrogen-bond acceptors (Lipinski definition) is 7. The predicted octanol–water partition coefficient (Wildman–Crippen LogP) is 8.19. The van der Waals surface area contributed by atoms with Crippen molar-refractivity contribution in [3.05, 3.63) is 147 Å². The first-order chi connectivity index (χ1) is 23.1. The summed E-state index contributed by atoms with van der Waals surface area (Å²) in [6.45, 7) is 4.95. The lowest BCUT2D eigenvalue weighted by Crippen LogP contribution is -2.50. The van der Waals surface area contributed by atoms with Gasteiger partial charge in [-0.2, -0.15) is 0 Å². The molecule has 0 saturated carbocycles. The van der Waals surface area contributed by atoms with Crippen LogP contribution in [0.2, 0.25) is 5.02 Å². The average Bonchev–Trinajstić information content (AvgIpc) is 3.76. The number of carbonyl (C=O) groups excluding carboxylic acids is 1. The Morgan fingerprint density at radius 2 is 1.47 bits per heavy atom. The lowest BCUT2D eigenvalue weighted by Gasteiger charge is -2.39. The van der Waals surface area contributed by atoms with Crippen LogP contribution in [-0.4, -0.2) is 61.6 Å². The van der Waals surface area contributed by atoms with Gasteiger partial charge in [0.25, 0.3) is 5.91 Å². The fourth-order valence-electron chi connectivity index (χ4n) is 6.04. The third kappa shape index (κ3) is 6.75. The van der Waals surface area contributed by atoms with Crippen LogP contribution >= 0.6 is 34.7 Å². The van der Waals surface area contributed by atoms with Crippen molar-refractivity contribution in [1.82, 2.24) is 29.5 Å². The van der Waals surface area contributed by atoms with Gasteiger partial charge in [-0.25, -0.2) is 4.98 Å². The van der Waals surface area contributed by atoms with E-state index in [2.05, 4.69) is 99.4 Å². The van der Waals surface area contributed by atoms with E-state index < -0.39 is 0 Å². The highest BCUT2D eigenvalue weighted by atomic mass is 35.5. The van der Waals surface area contributed by atoms with Gasteiger partial charge in [-0.15, -0.1) is 21.5 Å². The summed E-state index contributed by atoms with van der Waals surface area (Å²) in [5.41, 5.74) is 5.93. The molecular formula is C37H33ClN6OS2. The maximum absolute atomic E-state index is 13.6. The number of halogens is 1. The molecule has 1 fully saturated rings. The van der Waals surface area contributed by atoms with Gasteiger partial charge in [0.1, 0.15) is 10.7 Å². The summed E-state index contributed by atoms with van der Waals surface area (Å²) in [5, 5.41) is 13.2. The van der Waals surface area contributed by atoms with E-state index in [0.717, 1.165) is 40.1 Å². The van der Waals surface area contributed by atoms with E-state index in [1.807, 2.05) is 46.7 Å². The number of amides is 1. The van der Waals surface area contributed by atoms with E-state index in [1.165, 1.54) is 22.5 Å². The van der Waals surface area contributed by atoms with Crippen molar-refractivity contribution in [3.63, 3.8) is 0 Å². The minimum Gasteiger partial charge on any atom is -0.335 e. The Morgan fingerprint density at radius 3 is 2.15 bits per heavy atom. The maximum atomic E-state index is 13.6. The smallest absolute Gasteiger partial charge is 0.273 e. The maximum Gasteiger partial charge on any atom is 0.273 e. The van der Waals surface area contributed by atoms with E-state index >= 15 is 0 Å². The van der Waals surface area contributed by atoms with Gasteiger partial charge in [0.05, 0.1) is 22.5 Å². The Labute approximate surface area is 287 Å². The third-order valence-electron chi connectivity index (χ3n) is 8.40. The van der Waals surface area contributed by atoms with Crippen LogP contribution in [0.1, 0.15) is 38.2 Å². The molecule has 0 atom stereocenters. The highest BCUT2D eigenvalue weighted by molar-refractivity contribution is 7.98. The minimum absolute atomic E-state index is 0.0165. The number of aromatic nitrogens is 4. The van der Waals surface area contributed by atoms with Crippen LogP contribution in [0.3, 0.4) is 0 Å². The molecule has 6 aromatic rings. The first kappa shape index (κ1) is 31.3. The summed E-state index contributed by atoms with van der Waals surface area (Å²) in [6.07, 6.45) is 0. The van der Waals surface area contributed by atoms with Gasteiger partial charge in [-0.05, 0) is 41.8 Å². The highest BCUT2D eigenvalue weighted by Crippen LogP contribution is 2.35. The summed E-state index contributed by atoms with van der Waals surface area (Å²) in [7, 11) is 0.